The third-order valence-corrected chi connectivity index (χ3v) is 3.91. The van der Waals surface area contributed by atoms with Gasteiger partial charge in [0.05, 0.1) is 6.61 Å². The normalized spacial score (nSPS) is 10.8. The van der Waals surface area contributed by atoms with Crippen LogP contribution in [0, 0.1) is 0 Å². The van der Waals surface area contributed by atoms with Crippen LogP contribution in [0.5, 0.6) is 0 Å². The van der Waals surface area contributed by atoms with Crippen LogP contribution in [0.4, 0.5) is 0 Å². The van der Waals surface area contributed by atoms with Crippen molar-refractivity contribution in [3.05, 3.63) is 12.2 Å². The third-order valence-electron chi connectivity index (χ3n) is 1.54. The first kappa shape index (κ1) is 15.8. The minimum atomic E-state index is -3.42. The molecule has 0 rings (SSSR count). The van der Waals surface area contributed by atoms with Crippen LogP contribution in [0.1, 0.15) is 20.8 Å². The molecule has 98 valence electrons. The van der Waals surface area contributed by atoms with Gasteiger partial charge in [0.25, 0.3) is 11.9 Å². The number of carbonyl (C=O) groups excluding carboxylic acids is 2. The van der Waals surface area contributed by atoms with Gasteiger partial charge in [-0.15, -0.1) is 0 Å². The summed E-state index contributed by atoms with van der Waals surface area (Å²) in [5.41, 5.74) is 0.801. The van der Waals surface area contributed by atoms with Crippen LogP contribution < -0.4 is 0 Å². The molecule has 17 heavy (non-hydrogen) atoms. The van der Waals surface area contributed by atoms with Crippen LogP contribution in [-0.4, -0.2) is 40.7 Å². The molecule has 0 aliphatic carbocycles. The van der Waals surface area contributed by atoms with Crippen molar-refractivity contribution in [2.75, 3.05) is 19.9 Å². The van der Waals surface area contributed by atoms with Crippen molar-refractivity contribution in [1.29, 1.82) is 0 Å². The van der Waals surface area contributed by atoms with E-state index in [1.54, 1.807) is 6.92 Å². The molecule has 0 aromatic heterocycles. The zero-order valence-electron chi connectivity index (χ0n) is 10.6. The summed E-state index contributed by atoms with van der Waals surface area (Å²) in [5, 5.41) is 0. The van der Waals surface area contributed by atoms with Gasteiger partial charge in [-0.1, -0.05) is 12.2 Å². The fraction of sp³-hybridized carbons (Fsp3) is 0.600. The maximum atomic E-state index is 11.0. The molecule has 0 saturated heterocycles. The number of rotatable bonds is 7. The highest BCUT2D eigenvalue weighted by Crippen LogP contribution is 2.11. The summed E-state index contributed by atoms with van der Waals surface area (Å²) in [6, 6.07) is 0. The highest BCUT2D eigenvalue weighted by molar-refractivity contribution is 6.63. The fourth-order valence-electron chi connectivity index (χ4n) is 1.01. The van der Waals surface area contributed by atoms with Gasteiger partial charge in [-0.2, -0.15) is 0 Å². The molecule has 0 saturated carbocycles. The first-order valence-corrected chi connectivity index (χ1v) is 6.91. The van der Waals surface area contributed by atoms with Crippen LogP contribution in [0.15, 0.2) is 12.2 Å². The SMILES string of the molecule is C=C(C)COC[Si](OC)(OC(C)=O)OC(C)=O. The van der Waals surface area contributed by atoms with Crippen molar-refractivity contribution in [3.63, 3.8) is 0 Å². The van der Waals surface area contributed by atoms with Gasteiger partial charge in [0, 0.05) is 21.0 Å². The van der Waals surface area contributed by atoms with E-state index in [2.05, 4.69) is 6.58 Å². The second kappa shape index (κ2) is 7.20. The zero-order valence-corrected chi connectivity index (χ0v) is 11.6. The lowest BCUT2D eigenvalue weighted by Gasteiger charge is -2.25. The smallest absolute Gasteiger partial charge is 0.463 e. The Balaban J connectivity index is 4.60. The standard InChI is InChI=1S/C10H18O6Si/c1-8(2)6-14-7-17(13-5,15-9(3)11)16-10(4)12/h1,6-7H2,2-5H3. The summed E-state index contributed by atoms with van der Waals surface area (Å²) in [5.74, 6) is -1.17. The molecule has 7 heteroatoms. The van der Waals surface area contributed by atoms with E-state index in [0.717, 1.165) is 5.57 Å². The Labute approximate surface area is 102 Å². The summed E-state index contributed by atoms with van der Waals surface area (Å²) in [7, 11) is -2.12. The molecule has 0 heterocycles. The maximum absolute atomic E-state index is 11.0. The zero-order chi connectivity index (χ0) is 13.5. The highest BCUT2D eigenvalue weighted by Gasteiger charge is 2.48. The van der Waals surface area contributed by atoms with Gasteiger partial charge in [0.2, 0.25) is 0 Å². The Bertz CT molecular complexity index is 285. The van der Waals surface area contributed by atoms with Gasteiger partial charge in [-0.05, 0) is 6.92 Å². The van der Waals surface area contributed by atoms with Crippen LogP contribution in [-0.2, 0) is 27.6 Å². The predicted molar refractivity (Wildman–Crippen MR) is 61.9 cm³/mol. The predicted octanol–water partition coefficient (Wildman–Crippen LogP) is 0.830. The van der Waals surface area contributed by atoms with Crippen LogP contribution in [0.3, 0.4) is 0 Å². The summed E-state index contributed by atoms with van der Waals surface area (Å²) < 4.78 is 20.2. The molecule has 0 aromatic rings. The molecular formula is C10H18O6Si. The van der Waals surface area contributed by atoms with Crippen molar-refractivity contribution >= 4 is 20.7 Å². The Hall–Kier alpha value is -1.18. The average molecular weight is 262 g/mol. The second-order valence-electron chi connectivity index (χ2n) is 3.52. The molecule has 0 atom stereocenters. The minimum Gasteiger partial charge on any atom is -0.463 e. The Morgan fingerprint density at radius 2 is 1.59 bits per heavy atom. The average Bonchev–Trinajstić information content (AvgIpc) is 2.14. The van der Waals surface area contributed by atoms with E-state index in [9.17, 15) is 9.59 Å². The van der Waals surface area contributed by atoms with Gasteiger partial charge in [-0.25, -0.2) is 0 Å². The number of hydrogen-bond acceptors (Lipinski definition) is 6. The van der Waals surface area contributed by atoms with E-state index in [0.29, 0.717) is 0 Å². The van der Waals surface area contributed by atoms with Crippen molar-refractivity contribution < 1.29 is 27.6 Å². The van der Waals surface area contributed by atoms with E-state index >= 15 is 0 Å². The lowest BCUT2D eigenvalue weighted by atomic mass is 10.4. The molecule has 0 bridgehead atoms. The van der Waals surface area contributed by atoms with E-state index in [1.807, 2.05) is 0 Å². The molecule has 0 aromatic carbocycles. The number of hydrogen-bond donors (Lipinski definition) is 0. The van der Waals surface area contributed by atoms with Gasteiger partial charge in [0.15, 0.2) is 0 Å². The molecule has 0 unspecified atom stereocenters. The van der Waals surface area contributed by atoms with E-state index in [1.165, 1.54) is 21.0 Å². The summed E-state index contributed by atoms with van der Waals surface area (Å²) in [6.07, 6.45) is -0.0878. The minimum absolute atomic E-state index is 0.0878. The molecule has 6 nitrogen and oxygen atoms in total. The maximum Gasteiger partial charge on any atom is 0.663 e. The number of ether oxygens (including phenoxy) is 1. The molecule has 0 spiro atoms. The van der Waals surface area contributed by atoms with Crippen LogP contribution in [0.25, 0.3) is 0 Å². The van der Waals surface area contributed by atoms with Gasteiger partial charge in [-0.3, -0.25) is 9.59 Å². The van der Waals surface area contributed by atoms with Crippen LogP contribution in [0.2, 0.25) is 0 Å². The van der Waals surface area contributed by atoms with Gasteiger partial charge in [0.1, 0.15) is 6.23 Å². The lowest BCUT2D eigenvalue weighted by molar-refractivity contribution is -0.143. The lowest BCUT2D eigenvalue weighted by Crippen LogP contribution is -2.52. The molecule has 0 fully saturated rings. The molecule has 0 N–H and O–H groups in total. The third kappa shape index (κ3) is 6.87. The first-order chi connectivity index (χ1) is 7.81. The Morgan fingerprint density at radius 3 is 1.88 bits per heavy atom. The van der Waals surface area contributed by atoms with E-state index in [4.69, 9.17) is 18.0 Å². The fourth-order valence-corrected chi connectivity index (χ4v) is 2.68. The van der Waals surface area contributed by atoms with Gasteiger partial charge >= 0.3 is 8.80 Å². The van der Waals surface area contributed by atoms with E-state index in [-0.39, 0.29) is 12.8 Å². The molecule has 0 aliphatic rings. The van der Waals surface area contributed by atoms with E-state index < -0.39 is 20.7 Å². The number of carbonyl (C=O) groups is 2. The molecule has 0 aliphatic heterocycles. The second-order valence-corrected chi connectivity index (χ2v) is 6.00. The summed E-state index contributed by atoms with van der Waals surface area (Å²) in [4.78, 5) is 21.9. The quantitative estimate of drug-likeness (QED) is 0.500. The molecular weight excluding hydrogens is 244 g/mol. The van der Waals surface area contributed by atoms with Crippen molar-refractivity contribution in [1.82, 2.24) is 0 Å². The monoisotopic (exact) mass is 262 g/mol. The topological polar surface area (TPSA) is 71.1 Å². The molecule has 0 amide bonds. The summed E-state index contributed by atoms with van der Waals surface area (Å²) >= 11 is 0. The largest absolute Gasteiger partial charge is 0.663 e. The Kier molecular flexibility index (Phi) is 6.70. The summed E-state index contributed by atoms with van der Waals surface area (Å²) in [6.45, 7) is 8.14. The van der Waals surface area contributed by atoms with Crippen molar-refractivity contribution in [3.8, 4) is 0 Å². The van der Waals surface area contributed by atoms with Crippen molar-refractivity contribution in [2.45, 2.75) is 20.8 Å². The molecule has 0 radical (unpaired) electrons. The Morgan fingerprint density at radius 1 is 1.12 bits per heavy atom. The highest BCUT2D eigenvalue weighted by atomic mass is 28.4. The van der Waals surface area contributed by atoms with Crippen LogP contribution >= 0.6 is 0 Å². The van der Waals surface area contributed by atoms with Gasteiger partial charge < -0.3 is 18.0 Å². The van der Waals surface area contributed by atoms with Crippen molar-refractivity contribution in [2.24, 2.45) is 0 Å². The first-order valence-electron chi connectivity index (χ1n) is 4.98.